The SMILES string of the molecule is NCCN.NCCN.[Cl][Ir][Cl]. The van der Waals surface area contributed by atoms with E-state index in [9.17, 15) is 0 Å². The molecule has 0 aromatic heterocycles. The molecule has 8 N–H and O–H groups in total. The summed E-state index contributed by atoms with van der Waals surface area (Å²) in [7, 11) is 9.78. The third kappa shape index (κ3) is 96.6. The zero-order valence-electron chi connectivity index (χ0n) is 6.23. The van der Waals surface area contributed by atoms with E-state index in [1.165, 1.54) is 0 Å². The Balaban J connectivity index is -0.0000000886. The van der Waals surface area contributed by atoms with Gasteiger partial charge in [-0.25, -0.2) is 0 Å². The van der Waals surface area contributed by atoms with E-state index in [1.54, 1.807) is 0 Å². The Bertz CT molecular complexity index is 35.3. The molecule has 75 valence electrons. The van der Waals surface area contributed by atoms with E-state index < -0.39 is 15.7 Å². The van der Waals surface area contributed by atoms with Crippen molar-refractivity contribution in [3.8, 4) is 0 Å². The first kappa shape index (κ1) is 18.0. The quantitative estimate of drug-likeness (QED) is 0.500. The fourth-order valence-corrected chi connectivity index (χ4v) is 0. The van der Waals surface area contributed by atoms with Crippen LogP contribution in [0.15, 0.2) is 0 Å². The Hall–Kier alpha value is 1.07. The minimum atomic E-state index is -0.556. The van der Waals surface area contributed by atoms with Crippen LogP contribution >= 0.6 is 19.2 Å². The van der Waals surface area contributed by atoms with Gasteiger partial charge in [0, 0.05) is 26.2 Å². The Labute approximate surface area is 83.9 Å². The molecular formula is C4H16Cl2IrN4. The third-order valence-corrected chi connectivity index (χ3v) is 0.333. The van der Waals surface area contributed by atoms with E-state index in [0.717, 1.165) is 0 Å². The number of rotatable bonds is 2. The van der Waals surface area contributed by atoms with Crippen molar-refractivity contribution in [2.75, 3.05) is 26.2 Å². The molecule has 0 spiro atoms. The first-order valence-corrected chi connectivity index (χ1v) is 8.82. The Morgan fingerprint density at radius 2 is 0.818 bits per heavy atom. The molecule has 4 nitrogen and oxygen atoms in total. The van der Waals surface area contributed by atoms with Crippen molar-refractivity contribution < 1.29 is 15.7 Å². The number of nitrogens with two attached hydrogens (primary N) is 4. The molecule has 0 unspecified atom stereocenters. The Morgan fingerprint density at radius 1 is 0.727 bits per heavy atom. The topological polar surface area (TPSA) is 104 Å². The molecule has 0 saturated heterocycles. The van der Waals surface area contributed by atoms with Crippen LogP contribution in [0.25, 0.3) is 0 Å². The maximum absolute atomic E-state index is 4.90. The molecule has 0 atom stereocenters. The Morgan fingerprint density at radius 3 is 0.818 bits per heavy atom. The van der Waals surface area contributed by atoms with Crippen molar-refractivity contribution in [3.05, 3.63) is 0 Å². The second-order valence-corrected chi connectivity index (χ2v) is 4.66. The maximum atomic E-state index is 4.90. The summed E-state index contributed by atoms with van der Waals surface area (Å²) in [5.74, 6) is 0. The monoisotopic (exact) mass is 383 g/mol. The van der Waals surface area contributed by atoms with E-state index in [0.29, 0.717) is 26.2 Å². The summed E-state index contributed by atoms with van der Waals surface area (Å²) in [6, 6.07) is 0. The third-order valence-electron chi connectivity index (χ3n) is 0.333. The van der Waals surface area contributed by atoms with E-state index in [4.69, 9.17) is 42.1 Å². The van der Waals surface area contributed by atoms with E-state index >= 15 is 0 Å². The van der Waals surface area contributed by atoms with E-state index in [2.05, 4.69) is 0 Å². The summed E-state index contributed by atoms with van der Waals surface area (Å²) in [4.78, 5) is 0. The average Bonchev–Trinajstić information content (AvgIpc) is 2.06. The number of hydrogen-bond donors (Lipinski definition) is 4. The normalized spacial score (nSPS) is 7.45. The van der Waals surface area contributed by atoms with Crippen molar-refractivity contribution in [2.45, 2.75) is 0 Å². The van der Waals surface area contributed by atoms with Crippen LogP contribution in [0.1, 0.15) is 0 Å². The van der Waals surface area contributed by atoms with Gasteiger partial charge >= 0.3 is 34.8 Å². The zero-order valence-corrected chi connectivity index (χ0v) is 10.1. The number of halogens is 2. The molecule has 0 aromatic rings. The van der Waals surface area contributed by atoms with Gasteiger partial charge in [-0.15, -0.1) is 0 Å². The average molecular weight is 383 g/mol. The molecule has 0 aliphatic heterocycles. The Kier molecular flexibility index (Phi) is 49.8. The minimum absolute atomic E-state index is 0.556. The molecule has 11 heavy (non-hydrogen) atoms. The predicted molar refractivity (Wildman–Crippen MR) is 47.9 cm³/mol. The van der Waals surface area contributed by atoms with Crippen LogP contribution in [-0.4, -0.2) is 26.2 Å². The van der Waals surface area contributed by atoms with Crippen LogP contribution in [0.2, 0.25) is 0 Å². The molecule has 0 radical (unpaired) electrons. The number of hydrogen-bond acceptors (Lipinski definition) is 4. The van der Waals surface area contributed by atoms with Crippen LogP contribution in [-0.2, 0) is 15.7 Å². The van der Waals surface area contributed by atoms with Gasteiger partial charge in [0.1, 0.15) is 0 Å². The molecule has 0 heterocycles. The second-order valence-electron chi connectivity index (χ2n) is 1.20. The van der Waals surface area contributed by atoms with Gasteiger partial charge in [0.25, 0.3) is 0 Å². The molecule has 0 saturated carbocycles. The summed E-state index contributed by atoms with van der Waals surface area (Å²) in [5, 5.41) is 0. The predicted octanol–water partition coefficient (Wildman–Crippen LogP) is -0.816. The van der Waals surface area contributed by atoms with Gasteiger partial charge in [0.15, 0.2) is 0 Å². The van der Waals surface area contributed by atoms with Gasteiger partial charge in [-0.05, 0) is 0 Å². The molecular weight excluding hydrogens is 367 g/mol. The van der Waals surface area contributed by atoms with Gasteiger partial charge in [0.2, 0.25) is 0 Å². The van der Waals surface area contributed by atoms with Crippen molar-refractivity contribution in [1.82, 2.24) is 0 Å². The fraction of sp³-hybridized carbons (Fsp3) is 1.00. The molecule has 0 aromatic carbocycles. The standard InChI is InChI=1S/2C2H8N2.2ClH.Ir/c2*3-1-2-4;;;/h2*1-4H2;2*1H;/q;;;;+2/p-2. The van der Waals surface area contributed by atoms with Gasteiger partial charge < -0.3 is 22.9 Å². The van der Waals surface area contributed by atoms with Crippen LogP contribution in [0.5, 0.6) is 0 Å². The van der Waals surface area contributed by atoms with Crippen molar-refractivity contribution >= 4 is 19.2 Å². The van der Waals surface area contributed by atoms with Crippen molar-refractivity contribution in [1.29, 1.82) is 0 Å². The summed E-state index contributed by atoms with van der Waals surface area (Å²) in [5.41, 5.74) is 19.6. The summed E-state index contributed by atoms with van der Waals surface area (Å²) in [6.45, 7) is 2.39. The first-order valence-electron chi connectivity index (χ1n) is 2.88. The summed E-state index contributed by atoms with van der Waals surface area (Å²) >= 11 is -0.556. The van der Waals surface area contributed by atoms with Crippen molar-refractivity contribution in [2.24, 2.45) is 22.9 Å². The van der Waals surface area contributed by atoms with Crippen LogP contribution < -0.4 is 22.9 Å². The van der Waals surface area contributed by atoms with Crippen molar-refractivity contribution in [3.63, 3.8) is 0 Å². The molecule has 0 fully saturated rings. The summed E-state index contributed by atoms with van der Waals surface area (Å²) < 4.78 is 0. The van der Waals surface area contributed by atoms with Crippen LogP contribution in [0.3, 0.4) is 0 Å². The fourth-order valence-electron chi connectivity index (χ4n) is 0. The van der Waals surface area contributed by atoms with Gasteiger partial charge in [-0.3, -0.25) is 0 Å². The second kappa shape index (κ2) is 30.5. The van der Waals surface area contributed by atoms with Crippen LogP contribution in [0.4, 0.5) is 0 Å². The van der Waals surface area contributed by atoms with E-state index in [-0.39, 0.29) is 0 Å². The molecule has 0 rings (SSSR count). The zero-order chi connectivity index (χ0) is 9.54. The van der Waals surface area contributed by atoms with Gasteiger partial charge in [-0.1, -0.05) is 0 Å². The molecule has 7 heteroatoms. The van der Waals surface area contributed by atoms with E-state index in [1.807, 2.05) is 0 Å². The van der Waals surface area contributed by atoms with Crippen LogP contribution in [0, 0.1) is 0 Å². The molecule has 0 aliphatic rings. The molecule has 0 amide bonds. The van der Waals surface area contributed by atoms with Gasteiger partial charge in [0.05, 0.1) is 0 Å². The van der Waals surface area contributed by atoms with Gasteiger partial charge in [-0.2, -0.15) is 0 Å². The summed E-state index contributed by atoms with van der Waals surface area (Å²) in [6.07, 6.45) is 0. The molecule has 0 aliphatic carbocycles. The first-order chi connectivity index (χ1) is 5.24. The molecule has 0 bridgehead atoms.